The molecule has 0 spiro atoms. The molecular weight excluding hydrogens is 223 g/mol. The number of esters is 1. The Morgan fingerprint density at radius 3 is 2.90 bits per heavy atom. The first kappa shape index (κ1) is 9.30. The van der Waals surface area contributed by atoms with Crippen molar-refractivity contribution in [2.75, 3.05) is 0 Å². The summed E-state index contributed by atoms with van der Waals surface area (Å²) in [5.41, 5.74) is 0. The molecule has 10 heavy (non-hydrogen) atoms. The van der Waals surface area contributed by atoms with E-state index in [0.717, 1.165) is 0 Å². The summed E-state index contributed by atoms with van der Waals surface area (Å²) in [6.45, 7) is 1.33. The van der Waals surface area contributed by atoms with E-state index in [-0.39, 0.29) is 25.4 Å². The Balaban J connectivity index is 0.000000810. The molecule has 1 aromatic heterocycles. The van der Waals surface area contributed by atoms with Crippen LogP contribution >= 0.6 is 0 Å². The van der Waals surface area contributed by atoms with Gasteiger partial charge in [0.2, 0.25) is 5.88 Å². The second-order valence-corrected chi connectivity index (χ2v) is 1.51. The maximum atomic E-state index is 10.2. The number of ether oxygens (including phenoxy) is 1. The molecular formula is C5H6N2O2Rh. The van der Waals surface area contributed by atoms with Gasteiger partial charge in [0.15, 0.2) is 0 Å². The predicted molar refractivity (Wildman–Crippen MR) is 29.9 cm³/mol. The molecule has 0 aliphatic heterocycles. The number of hydrogen-bond donors (Lipinski definition) is 1. The van der Waals surface area contributed by atoms with Gasteiger partial charge in [-0.3, -0.25) is 9.89 Å². The first-order chi connectivity index (χ1) is 4.29. The van der Waals surface area contributed by atoms with Gasteiger partial charge in [-0.1, -0.05) is 0 Å². The van der Waals surface area contributed by atoms with Gasteiger partial charge < -0.3 is 4.74 Å². The molecule has 57 valence electrons. The molecule has 0 saturated carbocycles. The minimum Gasteiger partial charge on any atom is -0.406 e. The third-order valence-corrected chi connectivity index (χ3v) is 0.723. The van der Waals surface area contributed by atoms with E-state index in [0.29, 0.717) is 5.88 Å². The third-order valence-electron chi connectivity index (χ3n) is 0.723. The molecule has 4 nitrogen and oxygen atoms in total. The van der Waals surface area contributed by atoms with Crippen LogP contribution in [0.15, 0.2) is 12.3 Å². The Bertz CT molecular complexity index is 197. The normalized spacial score (nSPS) is 8.10. The summed E-state index contributed by atoms with van der Waals surface area (Å²) in [7, 11) is 0. The van der Waals surface area contributed by atoms with Gasteiger partial charge in [-0.2, -0.15) is 0 Å². The quantitative estimate of drug-likeness (QED) is 0.557. The molecule has 1 radical (unpaired) electrons. The fourth-order valence-electron chi connectivity index (χ4n) is 0.451. The van der Waals surface area contributed by atoms with Crippen LogP contribution in [-0.4, -0.2) is 16.2 Å². The van der Waals surface area contributed by atoms with Gasteiger partial charge in [-0.25, -0.2) is 0 Å². The van der Waals surface area contributed by atoms with E-state index in [2.05, 4.69) is 14.9 Å². The van der Waals surface area contributed by atoms with E-state index >= 15 is 0 Å². The van der Waals surface area contributed by atoms with E-state index < -0.39 is 0 Å². The van der Waals surface area contributed by atoms with Gasteiger partial charge in [0.25, 0.3) is 0 Å². The summed E-state index contributed by atoms with van der Waals surface area (Å²) in [5.74, 6) is -0.0513. The summed E-state index contributed by atoms with van der Waals surface area (Å²) in [4.78, 5) is 10.2. The van der Waals surface area contributed by atoms with Crippen LogP contribution in [0.1, 0.15) is 6.92 Å². The third kappa shape index (κ3) is 2.73. The Labute approximate surface area is 70.7 Å². The molecule has 1 N–H and O–H groups in total. The SMILES string of the molecule is CC(=O)Oc1cc[nH]n1.[Rh]. The van der Waals surface area contributed by atoms with Gasteiger partial charge in [-0.15, -0.1) is 5.10 Å². The zero-order valence-corrected chi connectivity index (χ0v) is 6.89. The largest absolute Gasteiger partial charge is 0.406 e. The minimum atomic E-state index is -0.359. The number of nitrogens with zero attached hydrogens (tertiary/aromatic N) is 1. The van der Waals surface area contributed by atoms with Crippen molar-refractivity contribution >= 4 is 5.97 Å². The molecule has 0 aromatic carbocycles. The van der Waals surface area contributed by atoms with E-state index in [1.807, 2.05) is 0 Å². The van der Waals surface area contributed by atoms with Crippen LogP contribution in [0.3, 0.4) is 0 Å². The predicted octanol–water partition coefficient (Wildman–Crippen LogP) is 0.332. The number of aromatic nitrogens is 2. The molecule has 5 heteroatoms. The van der Waals surface area contributed by atoms with Crippen LogP contribution in [0.2, 0.25) is 0 Å². The van der Waals surface area contributed by atoms with Crippen LogP contribution in [0.4, 0.5) is 0 Å². The molecule has 0 aliphatic rings. The maximum absolute atomic E-state index is 10.2. The van der Waals surface area contributed by atoms with Crippen molar-refractivity contribution in [1.82, 2.24) is 10.2 Å². The van der Waals surface area contributed by atoms with Crippen LogP contribution < -0.4 is 4.74 Å². The zero-order chi connectivity index (χ0) is 6.69. The Morgan fingerprint density at radius 1 is 1.80 bits per heavy atom. The average molecular weight is 229 g/mol. The fourth-order valence-corrected chi connectivity index (χ4v) is 0.451. The molecule has 0 saturated heterocycles. The number of H-pyrrole nitrogens is 1. The van der Waals surface area contributed by atoms with Crippen molar-refractivity contribution in [2.24, 2.45) is 0 Å². The van der Waals surface area contributed by atoms with Crippen LogP contribution in [0, 0.1) is 0 Å². The molecule has 1 heterocycles. The molecule has 0 amide bonds. The molecule has 0 unspecified atom stereocenters. The van der Waals surface area contributed by atoms with Gasteiger partial charge in [0.1, 0.15) is 0 Å². The summed E-state index contributed by atoms with van der Waals surface area (Å²) < 4.78 is 4.57. The molecule has 0 aliphatic carbocycles. The molecule has 1 aromatic rings. The van der Waals surface area contributed by atoms with Crippen molar-refractivity contribution in [1.29, 1.82) is 0 Å². The number of nitrogens with one attached hydrogen (secondary N) is 1. The smallest absolute Gasteiger partial charge is 0.309 e. The molecule has 0 bridgehead atoms. The van der Waals surface area contributed by atoms with Gasteiger partial charge >= 0.3 is 5.97 Å². The van der Waals surface area contributed by atoms with Crippen molar-refractivity contribution < 1.29 is 29.0 Å². The Morgan fingerprint density at radius 2 is 2.50 bits per heavy atom. The average Bonchev–Trinajstić information content (AvgIpc) is 2.15. The van der Waals surface area contributed by atoms with E-state index in [1.165, 1.54) is 6.92 Å². The van der Waals surface area contributed by atoms with Crippen LogP contribution in [0.25, 0.3) is 0 Å². The number of carbonyl (C=O) groups excluding carboxylic acids is 1. The monoisotopic (exact) mass is 229 g/mol. The Kier molecular flexibility index (Phi) is 3.88. The number of aromatic amines is 1. The van der Waals surface area contributed by atoms with Gasteiger partial charge in [0, 0.05) is 38.7 Å². The van der Waals surface area contributed by atoms with Crippen molar-refractivity contribution in [3.05, 3.63) is 12.3 Å². The summed E-state index contributed by atoms with van der Waals surface area (Å²) >= 11 is 0. The fraction of sp³-hybridized carbons (Fsp3) is 0.200. The van der Waals surface area contributed by atoms with Crippen LogP contribution in [0.5, 0.6) is 5.88 Å². The molecule has 0 atom stereocenters. The summed E-state index contributed by atoms with van der Waals surface area (Å²) in [6, 6.07) is 1.57. The van der Waals surface area contributed by atoms with Crippen molar-refractivity contribution in [3.8, 4) is 5.88 Å². The number of rotatable bonds is 1. The Hall–Kier alpha value is -0.697. The summed E-state index contributed by atoms with van der Waals surface area (Å²) in [6.07, 6.45) is 1.58. The standard InChI is InChI=1S/C5H6N2O2.Rh/c1-4(8)9-5-2-3-6-7-5;/h2-3H,1H3,(H,6,7);. The second kappa shape index (κ2) is 4.17. The topological polar surface area (TPSA) is 55.0 Å². The molecule has 1 rings (SSSR count). The number of carbonyl (C=O) groups is 1. The zero-order valence-electron chi connectivity index (χ0n) is 5.25. The van der Waals surface area contributed by atoms with Gasteiger partial charge in [0.05, 0.1) is 0 Å². The van der Waals surface area contributed by atoms with E-state index in [9.17, 15) is 4.79 Å². The van der Waals surface area contributed by atoms with E-state index in [1.54, 1.807) is 12.3 Å². The summed E-state index contributed by atoms with van der Waals surface area (Å²) in [5, 5.41) is 6.10. The van der Waals surface area contributed by atoms with Crippen molar-refractivity contribution in [2.45, 2.75) is 6.92 Å². The van der Waals surface area contributed by atoms with Crippen molar-refractivity contribution in [3.63, 3.8) is 0 Å². The first-order valence-corrected chi connectivity index (χ1v) is 2.47. The number of hydrogen-bond acceptors (Lipinski definition) is 3. The minimum absolute atomic E-state index is 0. The second-order valence-electron chi connectivity index (χ2n) is 1.51. The van der Waals surface area contributed by atoms with Crippen LogP contribution in [-0.2, 0) is 24.3 Å². The molecule has 0 fully saturated rings. The maximum Gasteiger partial charge on any atom is 0.309 e. The van der Waals surface area contributed by atoms with Gasteiger partial charge in [-0.05, 0) is 0 Å². The first-order valence-electron chi connectivity index (χ1n) is 2.47. The van der Waals surface area contributed by atoms with E-state index in [4.69, 9.17) is 0 Å².